The summed E-state index contributed by atoms with van der Waals surface area (Å²) in [6, 6.07) is 4.37. The van der Waals surface area contributed by atoms with Crippen LogP contribution in [0.2, 0.25) is 0 Å². The minimum absolute atomic E-state index is 0.130. The van der Waals surface area contributed by atoms with Gasteiger partial charge in [0.25, 0.3) is 0 Å². The van der Waals surface area contributed by atoms with Gasteiger partial charge in [-0.3, -0.25) is 0 Å². The molecule has 2 spiro atoms. The molecule has 6 rings (SSSR count). The molecule has 7 atom stereocenters. The number of aliphatic hydroxyl groups is 1. The molecule has 5 nitrogen and oxygen atoms in total. The minimum atomic E-state index is -0.784. The normalized spacial score (nSPS) is 47.6. The molecular weight excluding hydrogens is 366 g/mol. The highest BCUT2D eigenvalue weighted by Gasteiger charge is 2.76. The lowest BCUT2D eigenvalue weighted by atomic mass is 9.46. The van der Waals surface area contributed by atoms with Crippen molar-refractivity contribution in [3.63, 3.8) is 0 Å². The van der Waals surface area contributed by atoms with Crippen LogP contribution >= 0.6 is 0 Å². The molecule has 2 bridgehead atoms. The molecule has 5 aliphatic rings. The molecule has 1 saturated carbocycles. The van der Waals surface area contributed by atoms with Gasteiger partial charge in [-0.15, -0.1) is 0 Å². The molecular formula is C24H33NO4. The van der Waals surface area contributed by atoms with Crippen molar-refractivity contribution in [3.05, 3.63) is 23.3 Å². The number of likely N-dealkylation sites (N-methyl/N-ethyl adjacent to an activating group) is 1. The topological polar surface area (TPSA) is 51.2 Å². The van der Waals surface area contributed by atoms with Crippen molar-refractivity contribution in [3.8, 4) is 11.5 Å². The minimum Gasteiger partial charge on any atom is -0.493 e. The van der Waals surface area contributed by atoms with Crippen molar-refractivity contribution >= 4 is 0 Å². The average molecular weight is 400 g/mol. The molecule has 3 heterocycles. The fraction of sp³-hybridized carbons (Fsp3) is 0.750. The van der Waals surface area contributed by atoms with Gasteiger partial charge in [0.05, 0.1) is 24.2 Å². The van der Waals surface area contributed by atoms with Gasteiger partial charge in [0, 0.05) is 11.6 Å². The van der Waals surface area contributed by atoms with E-state index in [0.717, 1.165) is 56.6 Å². The third-order valence-corrected chi connectivity index (χ3v) is 8.96. The van der Waals surface area contributed by atoms with E-state index in [-0.39, 0.29) is 23.9 Å². The van der Waals surface area contributed by atoms with Gasteiger partial charge in [-0.05, 0) is 76.6 Å². The van der Waals surface area contributed by atoms with E-state index in [4.69, 9.17) is 14.2 Å². The predicted molar refractivity (Wildman–Crippen MR) is 110 cm³/mol. The van der Waals surface area contributed by atoms with E-state index in [1.54, 1.807) is 7.11 Å². The lowest BCUT2D eigenvalue weighted by Gasteiger charge is -2.66. The second kappa shape index (κ2) is 5.68. The summed E-state index contributed by atoms with van der Waals surface area (Å²) in [4.78, 5) is 2.37. The molecule has 158 valence electrons. The molecule has 1 aromatic carbocycles. The Hall–Kier alpha value is -1.30. The quantitative estimate of drug-likeness (QED) is 0.787. The fourth-order valence-corrected chi connectivity index (χ4v) is 8.06. The van der Waals surface area contributed by atoms with Crippen LogP contribution in [0.1, 0.15) is 57.1 Å². The maximum Gasteiger partial charge on any atom is 0.166 e. The lowest BCUT2D eigenvalue weighted by molar-refractivity contribution is -0.269. The Morgan fingerprint density at radius 2 is 2.03 bits per heavy atom. The van der Waals surface area contributed by atoms with Gasteiger partial charge in [-0.1, -0.05) is 13.0 Å². The highest BCUT2D eigenvalue weighted by molar-refractivity contribution is 5.63. The standard InChI is InChI=1S/C24H33NO4/c1-14-11-15(2)29-22(13-14)7-8-24(26)18-12-16-5-6-17(27-4)20-19(16)23(24,21(22)28-20)9-10-25(18)3/h5-6,14-15,18,21,26H,7-13H2,1-4H3. The van der Waals surface area contributed by atoms with Gasteiger partial charge < -0.3 is 24.2 Å². The zero-order chi connectivity index (χ0) is 20.2. The van der Waals surface area contributed by atoms with E-state index in [9.17, 15) is 5.11 Å². The molecule has 2 saturated heterocycles. The number of rotatable bonds is 1. The zero-order valence-electron chi connectivity index (χ0n) is 18.0. The van der Waals surface area contributed by atoms with E-state index in [2.05, 4.69) is 31.9 Å². The third kappa shape index (κ3) is 2.02. The van der Waals surface area contributed by atoms with E-state index in [0.29, 0.717) is 5.92 Å². The Morgan fingerprint density at radius 1 is 1.21 bits per heavy atom. The summed E-state index contributed by atoms with van der Waals surface area (Å²) < 4.78 is 19.4. The maximum absolute atomic E-state index is 12.4. The van der Waals surface area contributed by atoms with Gasteiger partial charge in [0.1, 0.15) is 11.7 Å². The van der Waals surface area contributed by atoms with E-state index < -0.39 is 11.0 Å². The molecule has 1 N–H and O–H groups in total. The summed E-state index contributed by atoms with van der Waals surface area (Å²) in [5.41, 5.74) is 1.02. The first-order chi connectivity index (χ1) is 13.8. The van der Waals surface area contributed by atoms with Crippen LogP contribution in [0.4, 0.5) is 0 Å². The lowest BCUT2D eigenvalue weighted by Crippen LogP contribution is -2.79. The van der Waals surface area contributed by atoms with Crippen molar-refractivity contribution in [2.75, 3.05) is 20.7 Å². The second-order valence-electron chi connectivity index (χ2n) is 10.5. The molecule has 3 fully saturated rings. The Bertz CT molecular complexity index is 861. The van der Waals surface area contributed by atoms with Gasteiger partial charge in [0.2, 0.25) is 0 Å². The summed E-state index contributed by atoms with van der Waals surface area (Å²) >= 11 is 0. The summed E-state index contributed by atoms with van der Waals surface area (Å²) in [7, 11) is 3.88. The van der Waals surface area contributed by atoms with Crippen molar-refractivity contribution in [1.82, 2.24) is 4.90 Å². The van der Waals surface area contributed by atoms with Gasteiger partial charge >= 0.3 is 0 Å². The Kier molecular flexibility index (Phi) is 3.62. The second-order valence-corrected chi connectivity index (χ2v) is 10.5. The highest BCUT2D eigenvalue weighted by atomic mass is 16.6. The van der Waals surface area contributed by atoms with E-state index >= 15 is 0 Å². The molecule has 7 unspecified atom stereocenters. The molecule has 0 aromatic heterocycles. The smallest absolute Gasteiger partial charge is 0.166 e. The van der Waals surface area contributed by atoms with Crippen molar-refractivity contribution < 1.29 is 19.3 Å². The first-order valence-corrected chi connectivity index (χ1v) is 11.3. The maximum atomic E-state index is 12.4. The number of methoxy groups -OCH3 is 1. The number of hydrogen-bond donors (Lipinski definition) is 1. The van der Waals surface area contributed by atoms with Crippen LogP contribution in [0.15, 0.2) is 12.1 Å². The number of ether oxygens (including phenoxy) is 3. The summed E-state index contributed by atoms with van der Waals surface area (Å²) in [5.74, 6) is 2.26. The van der Waals surface area contributed by atoms with Crippen molar-refractivity contribution in [1.29, 1.82) is 0 Å². The largest absolute Gasteiger partial charge is 0.493 e. The molecule has 2 aliphatic carbocycles. The van der Waals surface area contributed by atoms with Crippen LogP contribution in [0, 0.1) is 5.92 Å². The fourth-order valence-electron chi connectivity index (χ4n) is 8.06. The SMILES string of the molecule is COc1ccc2c3c1OC1C4(CCC5(O)C(C2)N(C)CCC315)CC(C)CC(C)O4. The Balaban J connectivity index is 1.61. The van der Waals surface area contributed by atoms with Gasteiger partial charge in [-0.2, -0.15) is 0 Å². The summed E-state index contributed by atoms with van der Waals surface area (Å²) in [5, 5.41) is 12.4. The first-order valence-electron chi connectivity index (χ1n) is 11.3. The van der Waals surface area contributed by atoms with Gasteiger partial charge in [0.15, 0.2) is 11.5 Å². The van der Waals surface area contributed by atoms with E-state index in [1.165, 1.54) is 11.1 Å². The Labute approximate surface area is 173 Å². The zero-order valence-corrected chi connectivity index (χ0v) is 18.0. The van der Waals surface area contributed by atoms with Crippen LogP contribution in [0.25, 0.3) is 0 Å². The number of benzene rings is 1. The van der Waals surface area contributed by atoms with Crippen LogP contribution in [0.3, 0.4) is 0 Å². The number of likely N-dealkylation sites (tertiary alicyclic amines) is 1. The van der Waals surface area contributed by atoms with Crippen LogP contribution in [-0.4, -0.2) is 60.2 Å². The molecule has 0 amide bonds. The number of hydrogen-bond acceptors (Lipinski definition) is 5. The van der Waals surface area contributed by atoms with Crippen molar-refractivity contribution in [2.24, 2.45) is 5.92 Å². The van der Waals surface area contributed by atoms with Crippen LogP contribution in [0.5, 0.6) is 11.5 Å². The molecule has 29 heavy (non-hydrogen) atoms. The number of piperidine rings is 1. The highest BCUT2D eigenvalue weighted by Crippen LogP contribution is 2.68. The van der Waals surface area contributed by atoms with Gasteiger partial charge in [-0.25, -0.2) is 0 Å². The van der Waals surface area contributed by atoms with Crippen molar-refractivity contribution in [2.45, 2.75) is 87.2 Å². The molecule has 5 heteroatoms. The molecule has 0 radical (unpaired) electrons. The molecule has 1 aromatic rings. The Morgan fingerprint density at radius 3 is 2.79 bits per heavy atom. The van der Waals surface area contributed by atoms with Crippen LogP contribution < -0.4 is 9.47 Å². The monoisotopic (exact) mass is 399 g/mol. The van der Waals surface area contributed by atoms with E-state index in [1.807, 2.05) is 6.07 Å². The first kappa shape index (κ1) is 18.5. The van der Waals surface area contributed by atoms with Crippen LogP contribution in [-0.2, 0) is 16.6 Å². The summed E-state index contributed by atoms with van der Waals surface area (Å²) in [6.45, 7) is 5.51. The average Bonchev–Trinajstić information content (AvgIpc) is 3.03. The summed E-state index contributed by atoms with van der Waals surface area (Å²) in [6.07, 6.45) is 5.59. The third-order valence-electron chi connectivity index (χ3n) is 8.96. The molecule has 3 aliphatic heterocycles. The predicted octanol–water partition coefficient (Wildman–Crippen LogP) is 3.05. The number of nitrogens with zero attached hydrogens (tertiary/aromatic N) is 1. The number of fused-ring (bicyclic) bond motifs is 1.